The lowest BCUT2D eigenvalue weighted by Crippen LogP contribution is -2.21. The molecule has 0 aromatic heterocycles. The Morgan fingerprint density at radius 3 is 2.50 bits per heavy atom. The molecular weight excluding hydrogens is 330 g/mol. The highest BCUT2D eigenvalue weighted by Gasteiger charge is 2.18. The molecule has 0 heterocycles. The van der Waals surface area contributed by atoms with Crippen molar-refractivity contribution in [2.45, 2.75) is 25.7 Å². The summed E-state index contributed by atoms with van der Waals surface area (Å²) in [6, 6.07) is 11.1. The number of nitrogens with zero attached hydrogens (tertiary/aromatic N) is 2. The Hall–Kier alpha value is -2.74. The third-order valence-electron chi connectivity index (χ3n) is 3.46. The van der Waals surface area contributed by atoms with Crippen molar-refractivity contribution in [2.24, 2.45) is 5.10 Å². The highest BCUT2D eigenvalue weighted by molar-refractivity contribution is 7.89. The van der Waals surface area contributed by atoms with Crippen molar-refractivity contribution in [1.29, 1.82) is 0 Å². The number of hydrazone groups is 1. The summed E-state index contributed by atoms with van der Waals surface area (Å²) in [6.45, 7) is 4.99. The van der Waals surface area contributed by atoms with Gasteiger partial charge in [0.15, 0.2) is 0 Å². The molecule has 0 saturated heterocycles. The van der Waals surface area contributed by atoms with E-state index >= 15 is 0 Å². The lowest BCUT2D eigenvalue weighted by atomic mass is 10.1. The Morgan fingerprint density at radius 2 is 1.83 bits per heavy atom. The van der Waals surface area contributed by atoms with E-state index in [0.717, 1.165) is 5.56 Å². The predicted octanol–water partition coefficient (Wildman–Crippen LogP) is 2.91. The SMILES string of the molecule is C/C(=N/NS(=O)(=O)c1cc(C)ccc1C)c1ccccc1[N+](=O)[O-]. The van der Waals surface area contributed by atoms with Crippen molar-refractivity contribution in [3.05, 3.63) is 69.3 Å². The third kappa shape index (κ3) is 3.77. The Labute approximate surface area is 140 Å². The lowest BCUT2D eigenvalue weighted by molar-refractivity contribution is -0.385. The number of hydrogen-bond acceptors (Lipinski definition) is 5. The summed E-state index contributed by atoms with van der Waals surface area (Å²) in [6.07, 6.45) is 0. The molecule has 24 heavy (non-hydrogen) atoms. The van der Waals surface area contributed by atoms with Crippen molar-refractivity contribution in [1.82, 2.24) is 4.83 Å². The summed E-state index contributed by atoms with van der Waals surface area (Å²) >= 11 is 0. The number of nitro groups is 1. The number of rotatable bonds is 5. The van der Waals surface area contributed by atoms with Gasteiger partial charge in [0.05, 0.1) is 21.1 Å². The molecule has 0 saturated carbocycles. The van der Waals surface area contributed by atoms with E-state index in [1.807, 2.05) is 6.07 Å². The van der Waals surface area contributed by atoms with E-state index < -0.39 is 14.9 Å². The topological polar surface area (TPSA) is 102 Å². The predicted molar refractivity (Wildman–Crippen MR) is 91.5 cm³/mol. The number of sulfonamides is 1. The quantitative estimate of drug-likeness (QED) is 0.510. The van der Waals surface area contributed by atoms with Crippen molar-refractivity contribution in [3.63, 3.8) is 0 Å². The van der Waals surface area contributed by atoms with Gasteiger partial charge in [-0.25, -0.2) is 0 Å². The molecule has 0 bridgehead atoms. The molecule has 0 aliphatic carbocycles. The summed E-state index contributed by atoms with van der Waals surface area (Å²) in [7, 11) is -3.86. The molecule has 8 heteroatoms. The molecule has 0 spiro atoms. The largest absolute Gasteiger partial charge is 0.278 e. The van der Waals surface area contributed by atoms with E-state index in [1.165, 1.54) is 25.1 Å². The van der Waals surface area contributed by atoms with Gasteiger partial charge >= 0.3 is 0 Å². The molecule has 0 atom stereocenters. The van der Waals surface area contributed by atoms with Crippen LogP contribution in [-0.4, -0.2) is 19.1 Å². The van der Waals surface area contributed by atoms with Crippen LogP contribution in [0.1, 0.15) is 23.6 Å². The van der Waals surface area contributed by atoms with Crippen LogP contribution >= 0.6 is 0 Å². The monoisotopic (exact) mass is 347 g/mol. The van der Waals surface area contributed by atoms with Crippen molar-refractivity contribution >= 4 is 21.4 Å². The molecule has 1 N–H and O–H groups in total. The average Bonchev–Trinajstić information content (AvgIpc) is 2.54. The van der Waals surface area contributed by atoms with Crippen LogP contribution in [0, 0.1) is 24.0 Å². The van der Waals surface area contributed by atoms with Crippen molar-refractivity contribution in [2.75, 3.05) is 0 Å². The fraction of sp³-hybridized carbons (Fsp3) is 0.188. The first-order valence-corrected chi connectivity index (χ1v) is 8.58. The van der Waals surface area contributed by atoms with E-state index in [2.05, 4.69) is 9.93 Å². The van der Waals surface area contributed by atoms with Gasteiger partial charge < -0.3 is 0 Å². The van der Waals surface area contributed by atoms with Gasteiger partial charge in [-0.05, 0) is 44.0 Å². The lowest BCUT2D eigenvalue weighted by Gasteiger charge is -2.09. The summed E-state index contributed by atoms with van der Waals surface area (Å²) in [5, 5.41) is 14.9. The minimum absolute atomic E-state index is 0.126. The number of aryl methyl sites for hydroxylation is 2. The zero-order valence-electron chi connectivity index (χ0n) is 13.5. The first-order chi connectivity index (χ1) is 11.2. The summed E-state index contributed by atoms with van der Waals surface area (Å²) in [5.74, 6) is 0. The molecule has 0 aliphatic heterocycles. The smallest absolute Gasteiger partial charge is 0.258 e. The molecule has 0 radical (unpaired) electrons. The van der Waals surface area contributed by atoms with E-state index in [-0.39, 0.29) is 21.9 Å². The van der Waals surface area contributed by atoms with E-state index in [4.69, 9.17) is 0 Å². The second kappa shape index (κ2) is 6.79. The number of para-hydroxylation sites is 1. The Kier molecular flexibility index (Phi) is 4.99. The maximum atomic E-state index is 12.4. The Bertz CT molecular complexity index is 921. The van der Waals surface area contributed by atoms with Crippen molar-refractivity contribution < 1.29 is 13.3 Å². The van der Waals surface area contributed by atoms with Crippen LogP contribution in [0.4, 0.5) is 5.69 Å². The summed E-state index contributed by atoms with van der Waals surface area (Å²) in [4.78, 5) is 12.8. The van der Waals surface area contributed by atoms with Gasteiger partial charge in [-0.2, -0.15) is 18.4 Å². The van der Waals surface area contributed by atoms with E-state index in [0.29, 0.717) is 5.56 Å². The maximum Gasteiger partial charge on any atom is 0.278 e. The fourth-order valence-electron chi connectivity index (χ4n) is 2.17. The zero-order valence-corrected chi connectivity index (χ0v) is 14.3. The van der Waals surface area contributed by atoms with Crippen LogP contribution in [-0.2, 0) is 10.0 Å². The van der Waals surface area contributed by atoms with Gasteiger partial charge in [0.1, 0.15) is 0 Å². The second-order valence-corrected chi connectivity index (χ2v) is 6.96. The van der Waals surface area contributed by atoms with Crippen LogP contribution in [0.15, 0.2) is 52.5 Å². The maximum absolute atomic E-state index is 12.4. The highest BCUT2D eigenvalue weighted by Crippen LogP contribution is 2.19. The van der Waals surface area contributed by atoms with Crippen molar-refractivity contribution in [3.8, 4) is 0 Å². The molecule has 126 valence electrons. The van der Waals surface area contributed by atoms with Crippen LogP contribution in [0.3, 0.4) is 0 Å². The summed E-state index contributed by atoms with van der Waals surface area (Å²) in [5.41, 5.74) is 1.72. The molecule has 2 aromatic carbocycles. The first-order valence-electron chi connectivity index (χ1n) is 7.09. The van der Waals surface area contributed by atoms with Gasteiger partial charge in [0, 0.05) is 6.07 Å². The third-order valence-corrected chi connectivity index (χ3v) is 4.81. The standard InChI is InChI=1S/C16H17N3O4S/c1-11-8-9-12(2)16(10-11)24(22,23)18-17-13(3)14-6-4-5-7-15(14)19(20)21/h4-10,18H,1-3H3/b17-13-. The van der Waals surface area contributed by atoms with E-state index in [1.54, 1.807) is 32.0 Å². The normalized spacial score (nSPS) is 12.0. The molecular formula is C16H17N3O4S. The molecule has 2 aromatic rings. The first kappa shape index (κ1) is 17.6. The fourth-order valence-corrected chi connectivity index (χ4v) is 3.36. The summed E-state index contributed by atoms with van der Waals surface area (Å²) < 4.78 is 24.8. The molecule has 0 amide bonds. The number of nitrogens with one attached hydrogen (secondary N) is 1. The number of hydrogen-bond donors (Lipinski definition) is 1. The van der Waals surface area contributed by atoms with Crippen LogP contribution in [0.2, 0.25) is 0 Å². The Morgan fingerprint density at radius 1 is 1.17 bits per heavy atom. The molecule has 0 aliphatic rings. The van der Waals surface area contributed by atoms with Gasteiger partial charge in [0.2, 0.25) is 0 Å². The minimum Gasteiger partial charge on any atom is -0.258 e. The van der Waals surface area contributed by atoms with Gasteiger partial charge in [-0.1, -0.05) is 24.3 Å². The average molecular weight is 347 g/mol. The molecule has 0 fully saturated rings. The van der Waals surface area contributed by atoms with Gasteiger partial charge in [-0.3, -0.25) is 10.1 Å². The van der Waals surface area contributed by atoms with Gasteiger partial charge in [0.25, 0.3) is 15.7 Å². The van der Waals surface area contributed by atoms with Crippen LogP contribution in [0.5, 0.6) is 0 Å². The minimum atomic E-state index is -3.86. The van der Waals surface area contributed by atoms with Crippen LogP contribution in [0.25, 0.3) is 0 Å². The number of nitro benzene ring substituents is 1. The second-order valence-electron chi connectivity index (χ2n) is 5.34. The molecule has 2 rings (SSSR count). The molecule has 7 nitrogen and oxygen atoms in total. The van der Waals surface area contributed by atoms with Gasteiger partial charge in [-0.15, -0.1) is 0 Å². The van der Waals surface area contributed by atoms with E-state index in [9.17, 15) is 18.5 Å². The highest BCUT2D eigenvalue weighted by atomic mass is 32.2. The van der Waals surface area contributed by atoms with Crippen LogP contribution < -0.4 is 4.83 Å². The zero-order chi connectivity index (χ0) is 17.9. The molecule has 0 unspecified atom stereocenters. The Balaban J connectivity index is 2.36. The number of benzene rings is 2.